The quantitative estimate of drug-likeness (QED) is 0.548. The van der Waals surface area contributed by atoms with Crippen LogP contribution >= 0.6 is 11.8 Å². The highest BCUT2D eigenvalue weighted by Crippen LogP contribution is 2.14. The molecule has 100 valence electrons. The van der Waals surface area contributed by atoms with Crippen molar-refractivity contribution in [2.75, 3.05) is 23.4 Å². The number of carboxylic acids is 1. The van der Waals surface area contributed by atoms with E-state index in [0.29, 0.717) is 18.1 Å². The lowest BCUT2D eigenvalue weighted by Crippen LogP contribution is -2.31. The minimum Gasteiger partial charge on any atom is -0.478 e. The number of hydrogen-bond donors (Lipinski definition) is 3. The molecule has 1 rings (SSSR count). The normalized spacial score (nSPS) is 9.42. The summed E-state index contributed by atoms with van der Waals surface area (Å²) in [6, 6.07) is 5.79. The predicted molar refractivity (Wildman–Crippen MR) is 76.6 cm³/mol. The van der Waals surface area contributed by atoms with E-state index < -0.39 is 12.0 Å². The average Bonchev–Trinajstić information content (AvgIpc) is 2.39. The van der Waals surface area contributed by atoms with Gasteiger partial charge in [0.15, 0.2) is 0 Å². The minimum atomic E-state index is -1.08. The molecule has 0 aliphatic heterocycles. The van der Waals surface area contributed by atoms with Crippen molar-refractivity contribution in [2.45, 2.75) is 0 Å². The largest absolute Gasteiger partial charge is 0.478 e. The molecule has 0 unspecified atom stereocenters. The Balaban J connectivity index is 2.45. The predicted octanol–water partition coefficient (Wildman–Crippen LogP) is 1.87. The van der Waals surface area contributed by atoms with Crippen LogP contribution in [0.2, 0.25) is 0 Å². The number of amides is 2. The summed E-state index contributed by atoms with van der Waals surface area (Å²) in [7, 11) is 0. The number of rotatable bonds is 6. The number of benzene rings is 1. The van der Waals surface area contributed by atoms with E-state index in [1.807, 2.05) is 0 Å². The van der Waals surface area contributed by atoms with Crippen molar-refractivity contribution in [1.29, 1.82) is 0 Å². The number of carbonyl (C=O) groups is 2. The number of terminal acetylenes is 1. The van der Waals surface area contributed by atoms with Gasteiger partial charge < -0.3 is 15.7 Å². The second-order valence-corrected chi connectivity index (χ2v) is 4.59. The molecule has 2 amide bonds. The molecule has 0 aliphatic carbocycles. The van der Waals surface area contributed by atoms with Crippen molar-refractivity contribution in [2.24, 2.45) is 0 Å². The maximum absolute atomic E-state index is 11.6. The fourth-order valence-corrected chi connectivity index (χ4v) is 1.82. The molecule has 0 aliphatic rings. The van der Waals surface area contributed by atoms with E-state index in [9.17, 15) is 9.59 Å². The lowest BCUT2D eigenvalue weighted by molar-refractivity contribution is 0.0698. The van der Waals surface area contributed by atoms with Gasteiger partial charge in [0.1, 0.15) is 0 Å². The van der Waals surface area contributed by atoms with Crippen LogP contribution in [0.3, 0.4) is 0 Å². The molecule has 5 nitrogen and oxygen atoms in total. The molecule has 3 N–H and O–H groups in total. The Labute approximate surface area is 115 Å². The third kappa shape index (κ3) is 5.36. The first kappa shape index (κ1) is 14.9. The topological polar surface area (TPSA) is 78.4 Å². The molecule has 0 saturated carbocycles. The van der Waals surface area contributed by atoms with Gasteiger partial charge in [0.25, 0.3) is 0 Å². The lowest BCUT2D eigenvalue weighted by atomic mass is 10.2. The molecular weight excluding hydrogens is 264 g/mol. The van der Waals surface area contributed by atoms with Crippen molar-refractivity contribution < 1.29 is 14.7 Å². The fraction of sp³-hybridized carbons (Fsp3) is 0.231. The molecule has 0 fully saturated rings. The van der Waals surface area contributed by atoms with Crippen molar-refractivity contribution in [1.82, 2.24) is 5.32 Å². The van der Waals surface area contributed by atoms with Crippen LogP contribution in [-0.2, 0) is 0 Å². The second kappa shape index (κ2) is 8.06. The molecular formula is C13H14N2O3S. The van der Waals surface area contributed by atoms with E-state index in [1.54, 1.807) is 12.1 Å². The Kier molecular flexibility index (Phi) is 6.33. The molecule has 0 saturated heterocycles. The summed E-state index contributed by atoms with van der Waals surface area (Å²) in [5.74, 6) is 2.71. The number of anilines is 1. The van der Waals surface area contributed by atoms with Crippen LogP contribution in [0.1, 0.15) is 10.4 Å². The van der Waals surface area contributed by atoms with E-state index in [1.165, 1.54) is 23.9 Å². The summed E-state index contributed by atoms with van der Waals surface area (Å²) >= 11 is 1.54. The van der Waals surface area contributed by atoms with Gasteiger partial charge in [-0.2, -0.15) is 0 Å². The van der Waals surface area contributed by atoms with E-state index in [-0.39, 0.29) is 11.3 Å². The van der Waals surface area contributed by atoms with Crippen LogP contribution in [0.25, 0.3) is 0 Å². The van der Waals surface area contributed by atoms with Crippen LogP contribution in [0.15, 0.2) is 24.3 Å². The number of thioether (sulfide) groups is 1. The first-order valence-corrected chi connectivity index (χ1v) is 6.69. The third-order valence-electron chi connectivity index (χ3n) is 2.12. The van der Waals surface area contributed by atoms with Crippen molar-refractivity contribution >= 4 is 29.4 Å². The fourth-order valence-electron chi connectivity index (χ4n) is 1.31. The Morgan fingerprint density at radius 1 is 1.37 bits per heavy atom. The first-order chi connectivity index (χ1) is 9.15. The maximum atomic E-state index is 11.6. The van der Waals surface area contributed by atoms with Gasteiger partial charge in [0.2, 0.25) is 0 Å². The summed E-state index contributed by atoms with van der Waals surface area (Å²) in [4.78, 5) is 22.5. The number of carboxylic acid groups (broad SMARTS) is 1. The van der Waals surface area contributed by atoms with E-state index in [0.717, 1.165) is 0 Å². The Morgan fingerprint density at radius 2 is 2.11 bits per heavy atom. The van der Waals surface area contributed by atoms with Gasteiger partial charge in [-0.05, 0) is 12.1 Å². The summed E-state index contributed by atoms with van der Waals surface area (Å²) in [5, 5.41) is 14.1. The molecule has 0 aromatic heterocycles. The first-order valence-electron chi connectivity index (χ1n) is 5.53. The van der Waals surface area contributed by atoms with Gasteiger partial charge in [0, 0.05) is 12.3 Å². The smallest absolute Gasteiger partial charge is 0.337 e. The monoisotopic (exact) mass is 278 g/mol. The number of nitrogens with one attached hydrogen (secondary N) is 2. The summed E-state index contributed by atoms with van der Waals surface area (Å²) < 4.78 is 0. The molecule has 0 atom stereocenters. The van der Waals surface area contributed by atoms with Gasteiger partial charge >= 0.3 is 12.0 Å². The lowest BCUT2D eigenvalue weighted by Gasteiger charge is -2.09. The number of urea groups is 1. The molecule has 19 heavy (non-hydrogen) atoms. The summed E-state index contributed by atoms with van der Waals surface area (Å²) in [5.41, 5.74) is 0.322. The van der Waals surface area contributed by atoms with Crippen LogP contribution in [0.4, 0.5) is 10.5 Å². The number of hydrogen-bond acceptors (Lipinski definition) is 3. The summed E-state index contributed by atoms with van der Waals surface area (Å²) in [6.45, 7) is 0.466. The summed E-state index contributed by atoms with van der Waals surface area (Å²) in [6.07, 6.45) is 5.09. The second-order valence-electron chi connectivity index (χ2n) is 3.49. The van der Waals surface area contributed by atoms with Gasteiger partial charge in [0.05, 0.1) is 17.0 Å². The molecule has 6 heteroatoms. The van der Waals surface area contributed by atoms with Crippen LogP contribution in [0, 0.1) is 12.3 Å². The zero-order valence-corrected chi connectivity index (χ0v) is 11.0. The highest BCUT2D eigenvalue weighted by Gasteiger charge is 2.10. The SMILES string of the molecule is C#CCSCCNC(=O)Nc1ccccc1C(=O)O. The molecule has 1 aromatic rings. The maximum Gasteiger partial charge on any atom is 0.337 e. The molecule has 0 bridgehead atoms. The minimum absolute atomic E-state index is 0.0550. The number of para-hydroxylation sites is 1. The molecule has 0 spiro atoms. The van der Waals surface area contributed by atoms with Crippen LogP contribution in [-0.4, -0.2) is 35.2 Å². The van der Waals surface area contributed by atoms with Gasteiger partial charge in [-0.1, -0.05) is 18.1 Å². The molecule has 0 radical (unpaired) electrons. The Hall–Kier alpha value is -2.13. The van der Waals surface area contributed by atoms with Crippen LogP contribution in [0.5, 0.6) is 0 Å². The zero-order valence-electron chi connectivity index (χ0n) is 10.2. The van der Waals surface area contributed by atoms with Crippen LogP contribution < -0.4 is 10.6 Å². The third-order valence-corrected chi connectivity index (χ3v) is 2.99. The van der Waals surface area contributed by atoms with E-state index in [4.69, 9.17) is 11.5 Å². The molecule has 1 aromatic carbocycles. The van der Waals surface area contributed by atoms with E-state index in [2.05, 4.69) is 16.6 Å². The number of aromatic carboxylic acids is 1. The van der Waals surface area contributed by atoms with Crippen molar-refractivity contribution in [3.05, 3.63) is 29.8 Å². The zero-order chi connectivity index (χ0) is 14.1. The standard InChI is InChI=1S/C13H14N2O3S/c1-2-8-19-9-7-14-13(18)15-11-6-4-3-5-10(11)12(16)17/h1,3-6H,7-9H2,(H,16,17)(H2,14,15,18). The van der Waals surface area contributed by atoms with Gasteiger partial charge in [-0.15, -0.1) is 18.2 Å². The van der Waals surface area contributed by atoms with Gasteiger partial charge in [-0.3, -0.25) is 0 Å². The van der Waals surface area contributed by atoms with E-state index >= 15 is 0 Å². The van der Waals surface area contributed by atoms with Crippen molar-refractivity contribution in [3.63, 3.8) is 0 Å². The highest BCUT2D eigenvalue weighted by molar-refractivity contribution is 7.99. The van der Waals surface area contributed by atoms with Crippen molar-refractivity contribution in [3.8, 4) is 12.3 Å². The Bertz CT molecular complexity index is 497. The average molecular weight is 278 g/mol. The number of carbonyl (C=O) groups excluding carboxylic acids is 1. The van der Waals surface area contributed by atoms with Gasteiger partial charge in [-0.25, -0.2) is 9.59 Å². The molecule has 0 heterocycles. The highest BCUT2D eigenvalue weighted by atomic mass is 32.2. The Morgan fingerprint density at radius 3 is 2.79 bits per heavy atom.